The van der Waals surface area contributed by atoms with Gasteiger partial charge in [0.15, 0.2) is 12.5 Å². The van der Waals surface area contributed by atoms with Gasteiger partial charge in [0.2, 0.25) is 0 Å². The summed E-state index contributed by atoms with van der Waals surface area (Å²) >= 11 is 7.33. The Bertz CT molecular complexity index is 13.6. The summed E-state index contributed by atoms with van der Waals surface area (Å²) in [5, 5.41) is 0. The summed E-state index contributed by atoms with van der Waals surface area (Å²) in [5.74, 6) is 0. The normalized spacial score (nSPS) is 4.40. The Kier molecular flexibility index (Phi) is 50.9. The van der Waals surface area contributed by atoms with Gasteiger partial charge in [-0.05, 0) is 0 Å². The second-order valence-electron chi connectivity index (χ2n) is 0.154. The minimum Gasteiger partial charge on any atom is -0.283 e. The number of halogens is 1. The molecule has 32 valence electrons. The van der Waals surface area contributed by atoms with Gasteiger partial charge >= 0.3 is 0 Å². The monoisotopic (exact) mass is 114 g/mol. The maximum Gasteiger partial charge on any atom is 0.197 e. The van der Waals surface area contributed by atoms with Crippen molar-refractivity contribution >= 4 is 24.4 Å². The lowest BCUT2D eigenvalue weighted by Crippen LogP contribution is -1.39. The molecule has 0 radical (unpaired) electrons. The first kappa shape index (κ1) is 8.99. The van der Waals surface area contributed by atoms with Gasteiger partial charge in [0.25, 0.3) is 0 Å². The molecule has 0 N–H and O–H groups in total. The lowest BCUT2D eigenvalue weighted by molar-refractivity contribution is 0.463. The average Bonchev–Trinajstić information content (AvgIpc) is 1.46. The topological polar surface area (TPSA) is 26.3 Å². The van der Waals surface area contributed by atoms with Crippen molar-refractivity contribution in [3.63, 3.8) is 0 Å². The molecule has 0 atom stereocenters. The third kappa shape index (κ3) is 302. The van der Waals surface area contributed by atoms with Crippen molar-refractivity contribution in [3.8, 4) is 0 Å². The molecular weight excluding hydrogens is 112 g/mol. The smallest absolute Gasteiger partial charge is 0.197 e. The first-order valence-electron chi connectivity index (χ1n) is 0.729. The summed E-state index contributed by atoms with van der Waals surface area (Å²) < 4.78 is 11.6. The fourth-order valence-corrected chi connectivity index (χ4v) is 0. The van der Waals surface area contributed by atoms with Crippen LogP contribution in [0.3, 0.4) is 0 Å². The molecule has 0 unspecified atom stereocenters. The second kappa shape index (κ2) is 28.3. The molecule has 0 rings (SSSR count). The van der Waals surface area contributed by atoms with Crippen LogP contribution in [0.1, 0.15) is 0 Å². The summed E-state index contributed by atoms with van der Waals surface area (Å²) in [7, 11) is 1.39. The van der Waals surface area contributed by atoms with E-state index < -0.39 is 0 Å². The molecule has 0 aliphatic heterocycles. The van der Waals surface area contributed by atoms with Gasteiger partial charge in [-0.15, -0.1) is 0 Å². The molecule has 0 aromatic heterocycles. The van der Waals surface area contributed by atoms with Crippen LogP contribution in [0.4, 0.5) is 0 Å². The predicted octanol–water partition coefficient (Wildman–Crippen LogP) is 0.450. The lowest BCUT2D eigenvalue weighted by atomic mass is 11.8. The molecule has 0 aliphatic carbocycles. The Morgan fingerprint density at radius 1 is 1.80 bits per heavy atom. The van der Waals surface area contributed by atoms with Crippen LogP contribution in [0, 0.1) is 0 Å². The zero-order valence-corrected chi connectivity index (χ0v) is 4.18. The molecule has 0 saturated carbocycles. The molecule has 0 bridgehead atoms. The van der Waals surface area contributed by atoms with Crippen molar-refractivity contribution in [2.24, 2.45) is 0 Å². The Morgan fingerprint density at radius 3 is 1.80 bits per heavy atom. The van der Waals surface area contributed by atoms with E-state index in [1.54, 1.807) is 0 Å². The average molecular weight is 115 g/mol. The maximum absolute atomic E-state index is 7.83. The van der Waals surface area contributed by atoms with E-state index in [-0.39, 0.29) is 0 Å². The molecule has 2 nitrogen and oxygen atoms in total. The summed E-state index contributed by atoms with van der Waals surface area (Å²) in [5.41, 5.74) is 0. The van der Waals surface area contributed by atoms with Gasteiger partial charge in [-0.25, -0.2) is 0 Å². The van der Waals surface area contributed by atoms with E-state index in [4.69, 9.17) is 4.21 Å². The van der Waals surface area contributed by atoms with Gasteiger partial charge in [-0.1, -0.05) is 0 Å². The van der Waals surface area contributed by atoms with Crippen LogP contribution >= 0.6 is 11.9 Å². The van der Waals surface area contributed by atoms with Crippen molar-refractivity contribution in [2.75, 3.05) is 7.11 Å². The Labute approximate surface area is 40.8 Å². The summed E-state index contributed by atoms with van der Waals surface area (Å²) in [6.45, 7) is 0. The fourth-order valence-electron chi connectivity index (χ4n) is 0. The molecule has 0 aliphatic rings. The molecule has 4 heteroatoms. The quantitative estimate of drug-likeness (QED) is 0.458. The van der Waals surface area contributed by atoms with E-state index in [2.05, 4.69) is 28.7 Å². The van der Waals surface area contributed by atoms with Crippen molar-refractivity contribution in [1.82, 2.24) is 0 Å². The Balaban J connectivity index is 0. The largest absolute Gasteiger partial charge is 0.283 e. The first-order chi connectivity index (χ1) is 2.41. The van der Waals surface area contributed by atoms with Gasteiger partial charge in [-0.2, -0.15) is 4.21 Å². The van der Waals surface area contributed by atoms with Crippen LogP contribution < -0.4 is 0 Å². The molecule has 0 aromatic rings. The standard InChI is InChI=1S/CH3ClO.OS/c1-3-2;1-2/h1H3;. The molecule has 0 amide bonds. The van der Waals surface area contributed by atoms with Crippen LogP contribution in [0.15, 0.2) is 0 Å². The van der Waals surface area contributed by atoms with E-state index in [1.165, 1.54) is 7.11 Å². The zero-order chi connectivity index (χ0) is 4.71. The van der Waals surface area contributed by atoms with E-state index >= 15 is 0 Å². The number of hydrogen-bond donors (Lipinski definition) is 0. The highest BCUT2D eigenvalue weighted by molar-refractivity contribution is 7.44. The minimum atomic E-state index is 1.39. The first-order valence-corrected chi connectivity index (χ1v) is 1.37. The van der Waals surface area contributed by atoms with Gasteiger partial charge in [0, 0.05) is 0 Å². The van der Waals surface area contributed by atoms with Crippen LogP contribution in [0.5, 0.6) is 0 Å². The predicted molar refractivity (Wildman–Crippen MR) is 21.0 cm³/mol. The van der Waals surface area contributed by atoms with E-state index in [1.807, 2.05) is 0 Å². The molecule has 0 aromatic carbocycles. The fraction of sp³-hybridized carbons (Fsp3) is 1.00. The van der Waals surface area contributed by atoms with E-state index in [0.717, 1.165) is 0 Å². The van der Waals surface area contributed by atoms with Gasteiger partial charge in [-0.3, -0.25) is 4.29 Å². The summed E-state index contributed by atoms with van der Waals surface area (Å²) in [6, 6.07) is 0. The van der Waals surface area contributed by atoms with Crippen molar-refractivity contribution in [1.29, 1.82) is 0 Å². The maximum atomic E-state index is 7.83. The third-order valence-electron chi connectivity index (χ3n) is 0. The molecule has 0 spiro atoms. The van der Waals surface area contributed by atoms with Crippen molar-refractivity contribution in [3.05, 3.63) is 0 Å². The number of rotatable bonds is 0. The molecule has 0 heterocycles. The van der Waals surface area contributed by atoms with E-state index in [0.29, 0.717) is 0 Å². The van der Waals surface area contributed by atoms with Gasteiger partial charge in [0.05, 0.1) is 19.0 Å². The highest BCUT2D eigenvalue weighted by Gasteiger charge is 1.31. The van der Waals surface area contributed by atoms with Crippen molar-refractivity contribution < 1.29 is 8.50 Å². The summed E-state index contributed by atoms with van der Waals surface area (Å²) in [4.78, 5) is 0. The Morgan fingerprint density at radius 2 is 1.80 bits per heavy atom. The van der Waals surface area contributed by atoms with Crippen LogP contribution in [0.25, 0.3) is 0 Å². The van der Waals surface area contributed by atoms with Crippen LogP contribution in [0.2, 0.25) is 0 Å². The van der Waals surface area contributed by atoms with Gasteiger partial charge in [0.1, 0.15) is 0 Å². The zero-order valence-electron chi connectivity index (χ0n) is 2.60. The highest BCUT2D eigenvalue weighted by atomic mass is 35.5. The molecule has 5 heavy (non-hydrogen) atoms. The summed E-state index contributed by atoms with van der Waals surface area (Å²) in [6.07, 6.45) is 0. The minimum absolute atomic E-state index is 1.39. The SMILES string of the molecule is COCl.O=S. The third-order valence-corrected chi connectivity index (χ3v) is 0. The van der Waals surface area contributed by atoms with Crippen LogP contribution in [-0.2, 0) is 16.8 Å². The van der Waals surface area contributed by atoms with Gasteiger partial charge < -0.3 is 0 Å². The molecular formula is CH3ClO2S. The van der Waals surface area contributed by atoms with E-state index in [9.17, 15) is 0 Å². The second-order valence-corrected chi connectivity index (χ2v) is 0.463. The molecule has 0 fully saturated rings. The lowest BCUT2D eigenvalue weighted by Gasteiger charge is -1.54. The number of hydrogen-bond acceptors (Lipinski definition) is 3. The van der Waals surface area contributed by atoms with Crippen molar-refractivity contribution in [2.45, 2.75) is 0 Å². The molecule has 0 saturated heterocycles. The van der Waals surface area contributed by atoms with Crippen LogP contribution in [-0.4, -0.2) is 11.3 Å². The Hall–Kier alpha value is 0.270. The highest BCUT2D eigenvalue weighted by Crippen LogP contribution is 1.59.